The Bertz CT molecular complexity index is 605. The molecule has 23 heavy (non-hydrogen) atoms. The quantitative estimate of drug-likeness (QED) is 0.692. The number of ether oxygens (including phenoxy) is 1. The largest absolute Gasteiger partial charge is 0.494 e. The SMILES string of the molecule is CCCCNC(=O)c1cn[nH]c1-c1ccc(OCCCC)cc1. The Morgan fingerprint density at radius 2 is 1.91 bits per heavy atom. The molecule has 0 aliphatic heterocycles. The summed E-state index contributed by atoms with van der Waals surface area (Å²) in [6.45, 7) is 5.65. The van der Waals surface area contributed by atoms with E-state index in [2.05, 4.69) is 29.4 Å². The third kappa shape index (κ3) is 4.84. The van der Waals surface area contributed by atoms with E-state index in [-0.39, 0.29) is 5.91 Å². The van der Waals surface area contributed by atoms with Gasteiger partial charge in [-0.25, -0.2) is 0 Å². The van der Waals surface area contributed by atoms with Gasteiger partial charge < -0.3 is 10.1 Å². The fourth-order valence-electron chi connectivity index (χ4n) is 2.20. The highest BCUT2D eigenvalue weighted by molar-refractivity contribution is 5.99. The van der Waals surface area contributed by atoms with E-state index in [4.69, 9.17) is 4.74 Å². The summed E-state index contributed by atoms with van der Waals surface area (Å²) in [5, 5.41) is 9.85. The van der Waals surface area contributed by atoms with Gasteiger partial charge in [-0.3, -0.25) is 9.89 Å². The van der Waals surface area contributed by atoms with Crippen LogP contribution in [0.2, 0.25) is 0 Å². The van der Waals surface area contributed by atoms with Gasteiger partial charge in [-0.05, 0) is 37.1 Å². The summed E-state index contributed by atoms with van der Waals surface area (Å²) in [7, 11) is 0. The molecule has 0 spiro atoms. The minimum atomic E-state index is -0.0922. The monoisotopic (exact) mass is 315 g/mol. The van der Waals surface area contributed by atoms with Gasteiger partial charge in [0.2, 0.25) is 0 Å². The molecule has 0 aliphatic carbocycles. The first-order valence-electron chi connectivity index (χ1n) is 8.31. The second kappa shape index (κ2) is 8.98. The molecule has 2 rings (SSSR count). The van der Waals surface area contributed by atoms with Crippen molar-refractivity contribution in [2.45, 2.75) is 39.5 Å². The van der Waals surface area contributed by atoms with Crippen molar-refractivity contribution in [3.8, 4) is 17.0 Å². The number of nitrogens with zero attached hydrogens (tertiary/aromatic N) is 1. The number of aromatic nitrogens is 2. The van der Waals surface area contributed by atoms with Crippen LogP contribution in [0.4, 0.5) is 0 Å². The minimum absolute atomic E-state index is 0.0922. The zero-order valence-electron chi connectivity index (χ0n) is 13.9. The lowest BCUT2D eigenvalue weighted by molar-refractivity contribution is 0.0954. The van der Waals surface area contributed by atoms with E-state index in [0.717, 1.165) is 49.3 Å². The fourth-order valence-corrected chi connectivity index (χ4v) is 2.20. The van der Waals surface area contributed by atoms with Crippen LogP contribution in [0.15, 0.2) is 30.5 Å². The predicted molar refractivity (Wildman–Crippen MR) is 91.7 cm³/mol. The molecule has 2 aromatic rings. The molecule has 0 fully saturated rings. The molecule has 0 radical (unpaired) electrons. The molecule has 124 valence electrons. The van der Waals surface area contributed by atoms with E-state index in [9.17, 15) is 4.79 Å². The number of carbonyl (C=O) groups is 1. The average molecular weight is 315 g/mol. The van der Waals surface area contributed by atoms with Gasteiger partial charge in [0.1, 0.15) is 5.75 Å². The molecule has 0 saturated carbocycles. The van der Waals surface area contributed by atoms with E-state index in [1.165, 1.54) is 0 Å². The third-order valence-corrected chi connectivity index (χ3v) is 3.61. The first-order chi connectivity index (χ1) is 11.3. The summed E-state index contributed by atoms with van der Waals surface area (Å²) >= 11 is 0. The second-order valence-corrected chi connectivity index (χ2v) is 5.49. The topological polar surface area (TPSA) is 67.0 Å². The molecule has 1 amide bonds. The molecular weight excluding hydrogens is 290 g/mol. The first kappa shape index (κ1) is 17.1. The second-order valence-electron chi connectivity index (χ2n) is 5.49. The van der Waals surface area contributed by atoms with Gasteiger partial charge in [0.15, 0.2) is 0 Å². The van der Waals surface area contributed by atoms with Crippen molar-refractivity contribution < 1.29 is 9.53 Å². The number of nitrogens with one attached hydrogen (secondary N) is 2. The van der Waals surface area contributed by atoms with E-state index in [0.29, 0.717) is 12.1 Å². The molecule has 5 heteroatoms. The van der Waals surface area contributed by atoms with Crippen molar-refractivity contribution in [1.29, 1.82) is 0 Å². The summed E-state index contributed by atoms with van der Waals surface area (Å²) in [4.78, 5) is 12.2. The number of hydrogen-bond donors (Lipinski definition) is 2. The number of carbonyl (C=O) groups excluding carboxylic acids is 1. The van der Waals surface area contributed by atoms with E-state index in [1.807, 2.05) is 24.3 Å². The van der Waals surface area contributed by atoms with Crippen molar-refractivity contribution >= 4 is 5.91 Å². The zero-order valence-corrected chi connectivity index (χ0v) is 13.9. The fraction of sp³-hybridized carbons (Fsp3) is 0.444. The molecule has 5 nitrogen and oxygen atoms in total. The number of amides is 1. The lowest BCUT2D eigenvalue weighted by Crippen LogP contribution is -2.24. The minimum Gasteiger partial charge on any atom is -0.494 e. The summed E-state index contributed by atoms with van der Waals surface area (Å²) in [6.07, 6.45) is 5.76. The molecule has 2 N–H and O–H groups in total. The predicted octanol–water partition coefficient (Wildman–Crippen LogP) is 3.79. The number of H-pyrrole nitrogens is 1. The molecule has 1 aromatic heterocycles. The van der Waals surface area contributed by atoms with Gasteiger partial charge in [0, 0.05) is 12.1 Å². The van der Waals surface area contributed by atoms with Crippen molar-refractivity contribution in [3.05, 3.63) is 36.0 Å². The Morgan fingerprint density at radius 1 is 1.17 bits per heavy atom. The maximum absolute atomic E-state index is 12.2. The van der Waals surface area contributed by atoms with Gasteiger partial charge in [0.25, 0.3) is 5.91 Å². The van der Waals surface area contributed by atoms with Gasteiger partial charge in [-0.15, -0.1) is 0 Å². The summed E-state index contributed by atoms with van der Waals surface area (Å²) in [5.74, 6) is 0.751. The third-order valence-electron chi connectivity index (χ3n) is 3.61. The van der Waals surface area contributed by atoms with Crippen LogP contribution in [0.25, 0.3) is 11.3 Å². The Balaban J connectivity index is 2.04. The Labute approximate surface area is 137 Å². The summed E-state index contributed by atoms with van der Waals surface area (Å²) in [6, 6.07) is 7.73. The molecule has 0 bridgehead atoms. The van der Waals surface area contributed by atoms with Crippen LogP contribution in [-0.4, -0.2) is 29.3 Å². The van der Waals surface area contributed by atoms with Gasteiger partial charge in [0.05, 0.1) is 24.1 Å². The molecule has 0 unspecified atom stereocenters. The van der Waals surface area contributed by atoms with E-state index in [1.54, 1.807) is 6.20 Å². The van der Waals surface area contributed by atoms with Crippen molar-refractivity contribution in [2.24, 2.45) is 0 Å². The summed E-state index contributed by atoms with van der Waals surface area (Å²) < 4.78 is 5.66. The lowest BCUT2D eigenvalue weighted by atomic mass is 10.1. The molecule has 1 aromatic carbocycles. The van der Waals surface area contributed by atoms with Crippen LogP contribution in [0, 0.1) is 0 Å². The maximum atomic E-state index is 12.2. The molecule has 0 atom stereocenters. The van der Waals surface area contributed by atoms with Crippen molar-refractivity contribution in [3.63, 3.8) is 0 Å². The van der Waals surface area contributed by atoms with Crippen LogP contribution in [-0.2, 0) is 0 Å². The first-order valence-corrected chi connectivity index (χ1v) is 8.31. The highest BCUT2D eigenvalue weighted by Crippen LogP contribution is 2.23. The number of unbranched alkanes of at least 4 members (excludes halogenated alkanes) is 2. The number of hydrogen-bond acceptors (Lipinski definition) is 3. The highest BCUT2D eigenvalue weighted by atomic mass is 16.5. The zero-order chi connectivity index (χ0) is 16.5. The molecule has 0 aliphatic rings. The number of rotatable bonds is 9. The average Bonchev–Trinajstić information content (AvgIpc) is 3.05. The molecule has 0 saturated heterocycles. The Kier molecular flexibility index (Phi) is 6.66. The van der Waals surface area contributed by atoms with Gasteiger partial charge in [-0.2, -0.15) is 5.10 Å². The standard InChI is InChI=1S/C18H25N3O2/c1-3-5-11-19-18(22)16-13-20-21-17(16)14-7-9-15(10-8-14)23-12-6-4-2/h7-10,13H,3-6,11-12H2,1-2H3,(H,19,22)(H,20,21). The number of aromatic amines is 1. The van der Waals surface area contributed by atoms with E-state index >= 15 is 0 Å². The van der Waals surface area contributed by atoms with Crippen molar-refractivity contribution in [1.82, 2.24) is 15.5 Å². The molecular formula is C18H25N3O2. The van der Waals surface area contributed by atoms with Gasteiger partial charge >= 0.3 is 0 Å². The maximum Gasteiger partial charge on any atom is 0.255 e. The normalized spacial score (nSPS) is 10.5. The Hall–Kier alpha value is -2.30. The van der Waals surface area contributed by atoms with Crippen LogP contribution >= 0.6 is 0 Å². The van der Waals surface area contributed by atoms with Crippen LogP contribution in [0.1, 0.15) is 49.9 Å². The molecule has 1 heterocycles. The smallest absolute Gasteiger partial charge is 0.255 e. The number of benzene rings is 1. The van der Waals surface area contributed by atoms with E-state index < -0.39 is 0 Å². The Morgan fingerprint density at radius 3 is 2.61 bits per heavy atom. The van der Waals surface area contributed by atoms with Crippen LogP contribution in [0.3, 0.4) is 0 Å². The van der Waals surface area contributed by atoms with Crippen LogP contribution < -0.4 is 10.1 Å². The van der Waals surface area contributed by atoms with Crippen LogP contribution in [0.5, 0.6) is 5.75 Å². The summed E-state index contributed by atoms with van der Waals surface area (Å²) in [5.41, 5.74) is 2.23. The highest BCUT2D eigenvalue weighted by Gasteiger charge is 2.14. The van der Waals surface area contributed by atoms with Gasteiger partial charge in [-0.1, -0.05) is 26.7 Å². The van der Waals surface area contributed by atoms with Crippen molar-refractivity contribution in [2.75, 3.05) is 13.2 Å². The lowest BCUT2D eigenvalue weighted by Gasteiger charge is -2.07.